The quantitative estimate of drug-likeness (QED) is 0.854. The average Bonchev–Trinajstić information content (AvgIpc) is 3.02. The summed E-state index contributed by atoms with van der Waals surface area (Å²) in [6, 6.07) is 15.1. The predicted molar refractivity (Wildman–Crippen MR) is 110 cm³/mol. The highest BCUT2D eigenvalue weighted by Gasteiger charge is 2.47. The van der Waals surface area contributed by atoms with Crippen molar-refractivity contribution in [2.24, 2.45) is 5.73 Å². The summed E-state index contributed by atoms with van der Waals surface area (Å²) < 4.78 is 26.6. The number of carbonyl (C=O) groups is 1. The van der Waals surface area contributed by atoms with Crippen molar-refractivity contribution >= 4 is 21.6 Å². The maximum Gasteiger partial charge on any atom is 0.248 e. The molecule has 0 radical (unpaired) electrons. The summed E-state index contributed by atoms with van der Waals surface area (Å²) in [4.78, 5) is 13.9. The highest BCUT2D eigenvalue weighted by molar-refractivity contribution is 7.92. The number of hydrogen-bond acceptors (Lipinski definition) is 4. The van der Waals surface area contributed by atoms with Gasteiger partial charge in [0, 0.05) is 17.6 Å². The first kappa shape index (κ1) is 19.0. The topological polar surface area (TPSA) is 83.7 Å². The number of anilines is 1. The Balaban J connectivity index is 1.69. The first-order valence-electron chi connectivity index (χ1n) is 9.48. The van der Waals surface area contributed by atoms with Crippen molar-refractivity contribution in [2.75, 3.05) is 23.7 Å². The Hall–Kier alpha value is -2.38. The van der Waals surface area contributed by atoms with Crippen LogP contribution in [-0.4, -0.2) is 44.1 Å². The molecule has 2 aliphatic heterocycles. The van der Waals surface area contributed by atoms with Gasteiger partial charge in [-0.2, -0.15) is 0 Å². The lowest BCUT2D eigenvalue weighted by Crippen LogP contribution is -2.57. The molecule has 0 aliphatic carbocycles. The Bertz CT molecular complexity index is 1020. The fourth-order valence-electron chi connectivity index (χ4n) is 4.63. The third-order valence-corrected chi connectivity index (χ3v) is 7.07. The minimum absolute atomic E-state index is 0.236. The summed E-state index contributed by atoms with van der Waals surface area (Å²) in [7, 11) is -3.37. The summed E-state index contributed by atoms with van der Waals surface area (Å²) in [5.41, 5.74) is 8.55. The molecule has 0 bridgehead atoms. The minimum Gasteiger partial charge on any atom is -0.366 e. The fraction of sp³-hybridized carbons (Fsp3) is 0.381. The predicted octanol–water partition coefficient (Wildman–Crippen LogP) is 2.14. The molecule has 1 atom stereocenters. The van der Waals surface area contributed by atoms with Crippen LogP contribution in [0.4, 0.5) is 5.69 Å². The van der Waals surface area contributed by atoms with Gasteiger partial charge < -0.3 is 5.73 Å². The molecule has 0 aromatic heterocycles. The second-order valence-corrected chi connectivity index (χ2v) is 9.80. The van der Waals surface area contributed by atoms with Crippen LogP contribution in [0.15, 0.2) is 48.5 Å². The SMILES string of the molecule is CS(=O)(=O)N1CC2(CCCN2Cc2cccc(C(N)=O)c2)Cc2ccccc21. The Kier molecular flexibility index (Phi) is 4.67. The number of amides is 1. The molecule has 1 fully saturated rings. The molecule has 4 rings (SSSR count). The Morgan fingerprint density at radius 3 is 2.71 bits per heavy atom. The van der Waals surface area contributed by atoms with Gasteiger partial charge in [0.15, 0.2) is 0 Å². The van der Waals surface area contributed by atoms with Crippen LogP contribution >= 0.6 is 0 Å². The second-order valence-electron chi connectivity index (χ2n) is 7.89. The van der Waals surface area contributed by atoms with Crippen molar-refractivity contribution < 1.29 is 13.2 Å². The van der Waals surface area contributed by atoms with Crippen LogP contribution in [0, 0.1) is 0 Å². The number of nitrogens with two attached hydrogens (primary N) is 1. The summed E-state index contributed by atoms with van der Waals surface area (Å²) in [6.07, 6.45) is 4.07. The van der Waals surface area contributed by atoms with Gasteiger partial charge >= 0.3 is 0 Å². The van der Waals surface area contributed by atoms with Gasteiger partial charge in [-0.3, -0.25) is 14.0 Å². The molecule has 148 valence electrons. The molecule has 2 aromatic rings. The Labute approximate surface area is 166 Å². The number of fused-ring (bicyclic) bond motifs is 1. The molecule has 28 heavy (non-hydrogen) atoms. The number of benzene rings is 2. The van der Waals surface area contributed by atoms with E-state index in [1.807, 2.05) is 42.5 Å². The van der Waals surface area contributed by atoms with Crippen molar-refractivity contribution in [3.05, 3.63) is 65.2 Å². The average molecular weight is 400 g/mol. The van der Waals surface area contributed by atoms with E-state index in [0.717, 1.165) is 42.6 Å². The molecule has 1 spiro atoms. The first-order chi connectivity index (χ1) is 13.3. The van der Waals surface area contributed by atoms with Crippen LogP contribution in [0.2, 0.25) is 0 Å². The number of sulfonamides is 1. The van der Waals surface area contributed by atoms with Crippen LogP contribution in [-0.2, 0) is 23.0 Å². The molecule has 0 saturated carbocycles. The maximum atomic E-state index is 12.5. The Morgan fingerprint density at radius 2 is 1.96 bits per heavy atom. The zero-order chi connectivity index (χ0) is 19.9. The molecular formula is C21H25N3O3S. The van der Waals surface area contributed by atoms with E-state index in [2.05, 4.69) is 4.90 Å². The monoisotopic (exact) mass is 399 g/mol. The van der Waals surface area contributed by atoms with Crippen molar-refractivity contribution in [1.82, 2.24) is 4.90 Å². The molecule has 1 amide bonds. The molecule has 1 unspecified atom stereocenters. The van der Waals surface area contributed by atoms with E-state index >= 15 is 0 Å². The van der Waals surface area contributed by atoms with Gasteiger partial charge in [-0.15, -0.1) is 0 Å². The molecule has 2 heterocycles. The minimum atomic E-state index is -3.37. The third kappa shape index (κ3) is 3.40. The van der Waals surface area contributed by atoms with E-state index in [1.54, 1.807) is 10.4 Å². The van der Waals surface area contributed by atoms with Crippen molar-refractivity contribution in [1.29, 1.82) is 0 Å². The lowest BCUT2D eigenvalue weighted by atomic mass is 9.84. The third-order valence-electron chi connectivity index (χ3n) is 5.94. The van der Waals surface area contributed by atoms with E-state index in [-0.39, 0.29) is 5.54 Å². The lowest BCUT2D eigenvalue weighted by Gasteiger charge is -2.46. The molecule has 2 aromatic carbocycles. The van der Waals surface area contributed by atoms with E-state index in [0.29, 0.717) is 18.7 Å². The van der Waals surface area contributed by atoms with Crippen LogP contribution in [0.3, 0.4) is 0 Å². The first-order valence-corrected chi connectivity index (χ1v) is 11.3. The standard InChI is InChI=1S/C21H25N3O3S/c1-28(26,27)24-15-21(13-18-7-2-3-9-19(18)24)10-5-11-23(21)14-16-6-4-8-17(12-16)20(22)25/h2-4,6-9,12H,5,10-11,13-15H2,1H3,(H2,22,25). The number of primary amides is 1. The van der Waals surface area contributed by atoms with Gasteiger partial charge in [0.1, 0.15) is 0 Å². The van der Waals surface area contributed by atoms with E-state index in [4.69, 9.17) is 5.73 Å². The van der Waals surface area contributed by atoms with Crippen LogP contribution in [0.1, 0.15) is 34.3 Å². The number of carbonyl (C=O) groups excluding carboxylic acids is 1. The number of hydrogen-bond donors (Lipinski definition) is 1. The molecule has 6 nitrogen and oxygen atoms in total. The van der Waals surface area contributed by atoms with Gasteiger partial charge in [0.05, 0.1) is 18.5 Å². The molecule has 2 N–H and O–H groups in total. The van der Waals surface area contributed by atoms with Crippen LogP contribution < -0.4 is 10.0 Å². The van der Waals surface area contributed by atoms with Gasteiger partial charge in [0.2, 0.25) is 15.9 Å². The van der Waals surface area contributed by atoms with Gasteiger partial charge in [-0.1, -0.05) is 30.3 Å². The van der Waals surface area contributed by atoms with Crippen molar-refractivity contribution in [2.45, 2.75) is 31.3 Å². The molecule has 1 saturated heterocycles. The van der Waals surface area contributed by atoms with Crippen LogP contribution in [0.5, 0.6) is 0 Å². The number of rotatable bonds is 4. The number of likely N-dealkylation sites (tertiary alicyclic amines) is 1. The van der Waals surface area contributed by atoms with E-state index in [1.165, 1.54) is 6.26 Å². The summed E-state index contributed by atoms with van der Waals surface area (Å²) in [5, 5.41) is 0. The zero-order valence-electron chi connectivity index (χ0n) is 16.0. The molecule has 7 heteroatoms. The summed E-state index contributed by atoms with van der Waals surface area (Å²) >= 11 is 0. The maximum absolute atomic E-state index is 12.5. The van der Waals surface area contributed by atoms with E-state index < -0.39 is 15.9 Å². The smallest absolute Gasteiger partial charge is 0.248 e. The van der Waals surface area contributed by atoms with Crippen molar-refractivity contribution in [3.63, 3.8) is 0 Å². The normalized spacial score (nSPS) is 22.4. The largest absolute Gasteiger partial charge is 0.366 e. The highest BCUT2D eigenvalue weighted by atomic mass is 32.2. The summed E-state index contributed by atoms with van der Waals surface area (Å²) in [5.74, 6) is -0.437. The van der Waals surface area contributed by atoms with E-state index in [9.17, 15) is 13.2 Å². The van der Waals surface area contributed by atoms with Crippen LogP contribution in [0.25, 0.3) is 0 Å². The second kappa shape index (κ2) is 6.90. The molecular weight excluding hydrogens is 374 g/mol. The van der Waals surface area contributed by atoms with Gasteiger partial charge in [-0.25, -0.2) is 8.42 Å². The lowest BCUT2D eigenvalue weighted by molar-refractivity contribution is 0.1000. The Morgan fingerprint density at radius 1 is 1.18 bits per heavy atom. The molecule has 2 aliphatic rings. The zero-order valence-corrected chi connectivity index (χ0v) is 16.8. The van der Waals surface area contributed by atoms with Gasteiger partial charge in [-0.05, 0) is 55.1 Å². The highest BCUT2D eigenvalue weighted by Crippen LogP contribution is 2.42. The fourth-order valence-corrected chi connectivity index (χ4v) is 5.64. The van der Waals surface area contributed by atoms with Gasteiger partial charge in [0.25, 0.3) is 0 Å². The summed E-state index contributed by atoms with van der Waals surface area (Å²) in [6.45, 7) is 2.03. The van der Waals surface area contributed by atoms with Crippen molar-refractivity contribution in [3.8, 4) is 0 Å². The number of nitrogens with zero attached hydrogens (tertiary/aromatic N) is 2. The number of para-hydroxylation sites is 1.